The molecule has 28 heavy (non-hydrogen) atoms. The molecule has 1 aromatic heterocycles. The largest absolute Gasteiger partial charge is 0.336 e. The summed E-state index contributed by atoms with van der Waals surface area (Å²) in [6.45, 7) is 4.92. The summed E-state index contributed by atoms with van der Waals surface area (Å²) in [6.07, 6.45) is 0. The van der Waals surface area contributed by atoms with Gasteiger partial charge in [0, 0.05) is 31.2 Å². The van der Waals surface area contributed by atoms with Gasteiger partial charge in [0.2, 0.25) is 10.0 Å². The lowest BCUT2D eigenvalue weighted by atomic mass is 10.2. The zero-order chi connectivity index (χ0) is 20.5. The molecule has 1 aliphatic heterocycles. The van der Waals surface area contributed by atoms with Crippen LogP contribution in [0.2, 0.25) is 10.2 Å². The molecule has 2 aromatic rings. The van der Waals surface area contributed by atoms with Gasteiger partial charge in [-0.3, -0.25) is 4.79 Å². The summed E-state index contributed by atoms with van der Waals surface area (Å²) in [7, 11) is -3.25. The third-order valence-electron chi connectivity index (χ3n) is 4.84. The van der Waals surface area contributed by atoms with Crippen molar-refractivity contribution < 1.29 is 13.2 Å². The summed E-state index contributed by atoms with van der Waals surface area (Å²) in [5.41, 5.74) is 1.73. The second kappa shape index (κ2) is 8.41. The summed E-state index contributed by atoms with van der Waals surface area (Å²) in [5.74, 6) is -0.179. The van der Waals surface area contributed by atoms with Gasteiger partial charge in [-0.1, -0.05) is 41.4 Å². The van der Waals surface area contributed by atoms with Crippen molar-refractivity contribution in [3.63, 3.8) is 0 Å². The molecule has 10 heteroatoms. The quantitative estimate of drug-likeness (QED) is 0.709. The second-order valence-corrected chi connectivity index (χ2v) is 9.61. The first kappa shape index (κ1) is 21.1. The van der Waals surface area contributed by atoms with E-state index in [-0.39, 0.29) is 29.9 Å². The Morgan fingerprint density at radius 1 is 1.14 bits per heavy atom. The molecule has 1 amide bonds. The van der Waals surface area contributed by atoms with E-state index in [9.17, 15) is 13.2 Å². The molecule has 3 rings (SSSR count). The van der Waals surface area contributed by atoms with E-state index in [1.54, 1.807) is 29.5 Å². The van der Waals surface area contributed by atoms with Crippen LogP contribution in [0.1, 0.15) is 28.5 Å². The van der Waals surface area contributed by atoms with E-state index in [1.807, 2.05) is 18.2 Å². The predicted octanol–water partition coefficient (Wildman–Crippen LogP) is 2.65. The number of hydrogen-bond acceptors (Lipinski definition) is 4. The lowest BCUT2D eigenvalue weighted by Crippen LogP contribution is -2.51. The fourth-order valence-corrected chi connectivity index (χ4v) is 4.79. The highest BCUT2D eigenvalue weighted by Crippen LogP contribution is 2.25. The van der Waals surface area contributed by atoms with E-state index < -0.39 is 10.0 Å². The number of aromatic nitrogens is 2. The van der Waals surface area contributed by atoms with Crippen molar-refractivity contribution in [2.45, 2.75) is 20.4 Å². The molecule has 0 unspecified atom stereocenters. The van der Waals surface area contributed by atoms with Gasteiger partial charge >= 0.3 is 0 Å². The van der Waals surface area contributed by atoms with Crippen molar-refractivity contribution in [2.75, 3.05) is 31.9 Å². The summed E-state index contributed by atoms with van der Waals surface area (Å²) >= 11 is 12.7. The molecule has 1 aromatic carbocycles. The van der Waals surface area contributed by atoms with Crippen LogP contribution < -0.4 is 0 Å². The molecule has 2 heterocycles. The lowest BCUT2D eigenvalue weighted by molar-refractivity contribution is 0.0697. The van der Waals surface area contributed by atoms with Crippen LogP contribution in [0, 0.1) is 6.92 Å². The maximum absolute atomic E-state index is 13.0. The van der Waals surface area contributed by atoms with Crippen molar-refractivity contribution in [3.05, 3.63) is 51.3 Å². The third-order valence-corrected chi connectivity index (χ3v) is 7.48. The third kappa shape index (κ3) is 4.20. The number of benzene rings is 1. The van der Waals surface area contributed by atoms with Crippen molar-refractivity contribution in [3.8, 4) is 0 Å². The van der Waals surface area contributed by atoms with Gasteiger partial charge in [-0.2, -0.15) is 9.40 Å². The van der Waals surface area contributed by atoms with Crippen molar-refractivity contribution in [2.24, 2.45) is 0 Å². The van der Waals surface area contributed by atoms with Crippen LogP contribution in [0.15, 0.2) is 24.3 Å². The molecular formula is C18H22Cl2N4O3S. The Kier molecular flexibility index (Phi) is 6.34. The van der Waals surface area contributed by atoms with Gasteiger partial charge in [-0.05, 0) is 25.5 Å². The normalized spacial score (nSPS) is 15.8. The lowest BCUT2D eigenvalue weighted by Gasteiger charge is -2.33. The number of carbonyl (C=O) groups is 1. The molecule has 1 saturated heterocycles. The first-order valence-electron chi connectivity index (χ1n) is 8.98. The van der Waals surface area contributed by atoms with Gasteiger partial charge in [-0.25, -0.2) is 13.1 Å². The molecular weight excluding hydrogens is 423 g/mol. The molecule has 0 N–H and O–H groups in total. The molecule has 0 spiro atoms. The maximum atomic E-state index is 13.0. The summed E-state index contributed by atoms with van der Waals surface area (Å²) in [4.78, 5) is 14.6. The SMILES string of the molecule is CCS(=O)(=O)N1CCN(C(=O)c2c(C)nn(Cc3ccccc3Cl)c2Cl)CC1. The van der Waals surface area contributed by atoms with Crippen LogP contribution in [0.4, 0.5) is 0 Å². The van der Waals surface area contributed by atoms with E-state index in [1.165, 1.54) is 4.31 Å². The highest BCUT2D eigenvalue weighted by Gasteiger charge is 2.31. The Morgan fingerprint density at radius 3 is 2.39 bits per heavy atom. The predicted molar refractivity (Wildman–Crippen MR) is 109 cm³/mol. The molecule has 1 aliphatic rings. The van der Waals surface area contributed by atoms with E-state index >= 15 is 0 Å². The fourth-order valence-electron chi connectivity index (χ4n) is 3.20. The van der Waals surface area contributed by atoms with Crippen LogP contribution in [0.25, 0.3) is 0 Å². The topological polar surface area (TPSA) is 75.5 Å². The number of sulfonamides is 1. The van der Waals surface area contributed by atoms with Crippen LogP contribution in [0.5, 0.6) is 0 Å². The van der Waals surface area contributed by atoms with Crippen LogP contribution in [-0.4, -0.2) is 65.2 Å². The van der Waals surface area contributed by atoms with Gasteiger partial charge in [0.15, 0.2) is 0 Å². The minimum atomic E-state index is -3.25. The number of halogens is 2. The van der Waals surface area contributed by atoms with E-state index in [4.69, 9.17) is 23.2 Å². The average Bonchev–Trinajstić information content (AvgIpc) is 2.96. The summed E-state index contributed by atoms with van der Waals surface area (Å²) < 4.78 is 27.0. The van der Waals surface area contributed by atoms with E-state index in [0.717, 1.165) is 5.56 Å². The Morgan fingerprint density at radius 2 is 1.79 bits per heavy atom. The highest BCUT2D eigenvalue weighted by molar-refractivity contribution is 7.89. The van der Waals surface area contributed by atoms with Crippen LogP contribution in [0.3, 0.4) is 0 Å². The van der Waals surface area contributed by atoms with Gasteiger partial charge in [0.1, 0.15) is 5.15 Å². The second-order valence-electron chi connectivity index (χ2n) is 6.59. The zero-order valence-corrected chi connectivity index (χ0v) is 18.1. The van der Waals surface area contributed by atoms with Crippen molar-refractivity contribution in [1.82, 2.24) is 19.0 Å². The first-order chi connectivity index (χ1) is 13.2. The highest BCUT2D eigenvalue weighted by atomic mass is 35.5. The summed E-state index contributed by atoms with van der Waals surface area (Å²) in [6, 6.07) is 7.39. The number of carbonyl (C=O) groups excluding carboxylic acids is 1. The molecule has 152 valence electrons. The Balaban J connectivity index is 1.77. The minimum absolute atomic E-state index is 0.0562. The first-order valence-corrected chi connectivity index (χ1v) is 11.3. The number of rotatable bonds is 5. The monoisotopic (exact) mass is 444 g/mol. The van der Waals surface area contributed by atoms with Gasteiger partial charge < -0.3 is 4.90 Å². The number of nitrogens with zero attached hydrogens (tertiary/aromatic N) is 4. The van der Waals surface area contributed by atoms with E-state index in [2.05, 4.69) is 5.10 Å². The van der Waals surface area contributed by atoms with Gasteiger partial charge in [-0.15, -0.1) is 0 Å². The zero-order valence-electron chi connectivity index (χ0n) is 15.7. The fraction of sp³-hybridized carbons (Fsp3) is 0.444. The Hall–Kier alpha value is -1.61. The van der Waals surface area contributed by atoms with E-state index in [0.29, 0.717) is 35.9 Å². The molecule has 0 saturated carbocycles. The maximum Gasteiger partial charge on any atom is 0.258 e. The Bertz CT molecular complexity index is 983. The standard InChI is InChI=1S/C18H22Cl2N4O3S/c1-3-28(26,27)23-10-8-22(9-11-23)18(25)16-13(2)21-24(17(16)20)12-14-6-4-5-7-15(14)19/h4-7H,3,8-12H2,1-2H3. The molecule has 0 aliphatic carbocycles. The molecule has 0 atom stereocenters. The molecule has 7 nitrogen and oxygen atoms in total. The average molecular weight is 445 g/mol. The molecule has 0 radical (unpaired) electrons. The Labute approximate surface area is 174 Å². The van der Waals surface area contributed by atoms with Crippen molar-refractivity contribution >= 4 is 39.1 Å². The number of piperazine rings is 1. The molecule has 1 fully saturated rings. The van der Waals surface area contributed by atoms with Crippen LogP contribution >= 0.6 is 23.2 Å². The van der Waals surface area contributed by atoms with Gasteiger partial charge in [0.25, 0.3) is 5.91 Å². The van der Waals surface area contributed by atoms with Gasteiger partial charge in [0.05, 0.1) is 23.6 Å². The van der Waals surface area contributed by atoms with Crippen molar-refractivity contribution in [1.29, 1.82) is 0 Å². The van der Waals surface area contributed by atoms with Crippen LogP contribution in [-0.2, 0) is 16.6 Å². The number of amides is 1. The molecule has 0 bridgehead atoms. The minimum Gasteiger partial charge on any atom is -0.336 e. The number of hydrogen-bond donors (Lipinski definition) is 0. The summed E-state index contributed by atoms with van der Waals surface area (Å²) in [5, 5.41) is 5.26. The smallest absolute Gasteiger partial charge is 0.258 e. The number of aryl methyl sites for hydroxylation is 1.